The van der Waals surface area contributed by atoms with Gasteiger partial charge in [0.2, 0.25) is 0 Å². The van der Waals surface area contributed by atoms with Crippen LogP contribution in [0.3, 0.4) is 0 Å². The van der Waals surface area contributed by atoms with Crippen molar-refractivity contribution in [2.24, 2.45) is 7.05 Å². The van der Waals surface area contributed by atoms with Crippen LogP contribution in [0.4, 0.5) is 5.69 Å². The Hall–Kier alpha value is -2.08. The van der Waals surface area contributed by atoms with E-state index in [9.17, 15) is 0 Å². The fourth-order valence-electron chi connectivity index (χ4n) is 1.74. The summed E-state index contributed by atoms with van der Waals surface area (Å²) in [6.45, 7) is 0. The first-order chi connectivity index (χ1) is 8.75. The molecule has 0 radical (unpaired) electrons. The SMILES string of the molecule is Cn1cnnc1Sc1ccc(N)c2ccncc12. The van der Waals surface area contributed by atoms with E-state index in [-0.39, 0.29) is 0 Å². The summed E-state index contributed by atoms with van der Waals surface area (Å²) in [7, 11) is 1.92. The van der Waals surface area contributed by atoms with Gasteiger partial charge in [-0.1, -0.05) is 0 Å². The Kier molecular flexibility index (Phi) is 2.64. The zero-order valence-corrected chi connectivity index (χ0v) is 10.6. The third-order valence-corrected chi connectivity index (χ3v) is 3.81. The lowest BCUT2D eigenvalue weighted by molar-refractivity contribution is 0.789. The molecule has 3 rings (SSSR count). The van der Waals surface area contributed by atoms with Gasteiger partial charge in [-0.25, -0.2) is 0 Å². The third-order valence-electron chi connectivity index (χ3n) is 2.68. The molecule has 6 heteroatoms. The smallest absolute Gasteiger partial charge is 0.195 e. The second-order valence-electron chi connectivity index (χ2n) is 3.90. The van der Waals surface area contributed by atoms with E-state index in [4.69, 9.17) is 5.73 Å². The molecule has 18 heavy (non-hydrogen) atoms. The number of benzene rings is 1. The van der Waals surface area contributed by atoms with Gasteiger partial charge < -0.3 is 10.3 Å². The number of hydrogen-bond donors (Lipinski definition) is 1. The van der Waals surface area contributed by atoms with Crippen LogP contribution in [0.25, 0.3) is 10.8 Å². The van der Waals surface area contributed by atoms with E-state index in [0.29, 0.717) is 0 Å². The Balaban J connectivity index is 2.13. The minimum atomic E-state index is 0.759. The van der Waals surface area contributed by atoms with Gasteiger partial charge in [0.05, 0.1) is 0 Å². The number of anilines is 1. The van der Waals surface area contributed by atoms with Crippen LogP contribution in [-0.2, 0) is 7.05 Å². The van der Waals surface area contributed by atoms with Gasteiger partial charge in [0.15, 0.2) is 5.16 Å². The highest BCUT2D eigenvalue weighted by Crippen LogP contribution is 2.33. The van der Waals surface area contributed by atoms with E-state index < -0.39 is 0 Å². The topological polar surface area (TPSA) is 69.6 Å². The molecule has 0 aliphatic carbocycles. The maximum absolute atomic E-state index is 5.96. The highest BCUT2D eigenvalue weighted by atomic mass is 32.2. The fraction of sp³-hybridized carbons (Fsp3) is 0.0833. The summed E-state index contributed by atoms with van der Waals surface area (Å²) in [6.07, 6.45) is 5.25. The molecule has 0 aliphatic rings. The molecule has 0 spiro atoms. The quantitative estimate of drug-likeness (QED) is 0.712. The number of rotatable bonds is 2. The second kappa shape index (κ2) is 4.30. The number of nitrogens with zero attached hydrogens (tertiary/aromatic N) is 4. The number of nitrogen functional groups attached to an aromatic ring is 1. The summed E-state index contributed by atoms with van der Waals surface area (Å²) in [5.74, 6) is 0. The van der Waals surface area contributed by atoms with Crippen molar-refractivity contribution in [1.82, 2.24) is 19.7 Å². The molecule has 0 bridgehead atoms. The molecule has 5 nitrogen and oxygen atoms in total. The van der Waals surface area contributed by atoms with Crippen LogP contribution in [0.2, 0.25) is 0 Å². The van der Waals surface area contributed by atoms with Crippen LogP contribution < -0.4 is 5.73 Å². The Labute approximate surface area is 108 Å². The van der Waals surface area contributed by atoms with Crippen molar-refractivity contribution < 1.29 is 0 Å². The van der Waals surface area contributed by atoms with E-state index in [1.165, 1.54) is 0 Å². The van der Waals surface area contributed by atoms with Gasteiger partial charge in [-0.15, -0.1) is 10.2 Å². The van der Waals surface area contributed by atoms with Crippen LogP contribution in [0.15, 0.2) is 47.0 Å². The number of fused-ring (bicyclic) bond motifs is 1. The molecule has 0 aliphatic heterocycles. The summed E-state index contributed by atoms with van der Waals surface area (Å²) in [6, 6.07) is 5.81. The maximum atomic E-state index is 5.96. The van der Waals surface area contributed by atoms with Gasteiger partial charge in [-0.2, -0.15) is 0 Å². The van der Waals surface area contributed by atoms with Crippen molar-refractivity contribution in [2.45, 2.75) is 10.1 Å². The lowest BCUT2D eigenvalue weighted by Crippen LogP contribution is -1.91. The van der Waals surface area contributed by atoms with Crippen LogP contribution in [0, 0.1) is 0 Å². The maximum Gasteiger partial charge on any atom is 0.195 e. The van der Waals surface area contributed by atoms with Gasteiger partial charge in [-0.3, -0.25) is 4.98 Å². The average molecular weight is 257 g/mol. The largest absolute Gasteiger partial charge is 0.398 e. The second-order valence-corrected chi connectivity index (χ2v) is 4.91. The summed E-state index contributed by atoms with van der Waals surface area (Å²) >= 11 is 1.55. The molecule has 1 aromatic carbocycles. The minimum absolute atomic E-state index is 0.759. The fourth-order valence-corrected chi connectivity index (χ4v) is 2.62. The van der Waals surface area contributed by atoms with E-state index in [1.807, 2.05) is 36.0 Å². The van der Waals surface area contributed by atoms with Crippen LogP contribution in [0.5, 0.6) is 0 Å². The number of pyridine rings is 1. The molecular formula is C12H11N5S. The van der Waals surface area contributed by atoms with Gasteiger partial charge in [-0.05, 0) is 30.0 Å². The van der Waals surface area contributed by atoms with E-state index in [0.717, 1.165) is 26.5 Å². The molecule has 0 saturated carbocycles. The van der Waals surface area contributed by atoms with Gasteiger partial charge in [0.25, 0.3) is 0 Å². The molecule has 0 atom stereocenters. The molecule has 90 valence electrons. The Morgan fingerprint density at radius 1 is 1.22 bits per heavy atom. The first-order valence-corrected chi connectivity index (χ1v) is 6.21. The van der Waals surface area contributed by atoms with Gasteiger partial charge in [0, 0.05) is 40.8 Å². The first-order valence-electron chi connectivity index (χ1n) is 5.40. The van der Waals surface area contributed by atoms with E-state index >= 15 is 0 Å². The van der Waals surface area contributed by atoms with Crippen molar-refractivity contribution in [2.75, 3.05) is 5.73 Å². The standard InChI is InChI=1S/C12H11N5S/c1-17-7-15-16-12(17)18-11-3-2-10(13)8-4-5-14-6-9(8)11/h2-7H,13H2,1H3. The Morgan fingerprint density at radius 2 is 2.11 bits per heavy atom. The summed E-state index contributed by atoms with van der Waals surface area (Å²) in [4.78, 5) is 5.23. The van der Waals surface area contributed by atoms with Crippen molar-refractivity contribution >= 4 is 28.2 Å². The molecule has 0 fully saturated rings. The molecule has 2 heterocycles. The number of nitrogens with two attached hydrogens (primary N) is 1. The van der Waals surface area contributed by atoms with Crippen molar-refractivity contribution in [3.8, 4) is 0 Å². The van der Waals surface area contributed by atoms with Crippen molar-refractivity contribution in [1.29, 1.82) is 0 Å². The minimum Gasteiger partial charge on any atom is -0.398 e. The average Bonchev–Trinajstić information content (AvgIpc) is 2.79. The number of hydrogen-bond acceptors (Lipinski definition) is 5. The number of aryl methyl sites for hydroxylation is 1. The lowest BCUT2D eigenvalue weighted by atomic mass is 10.1. The zero-order chi connectivity index (χ0) is 12.5. The predicted octanol–water partition coefficient (Wildman–Crippen LogP) is 2.10. The third kappa shape index (κ3) is 1.80. The number of aromatic nitrogens is 4. The highest BCUT2D eigenvalue weighted by molar-refractivity contribution is 7.99. The molecule has 0 amide bonds. The summed E-state index contributed by atoms with van der Waals surface area (Å²) in [5.41, 5.74) is 6.72. The molecule has 0 saturated heterocycles. The van der Waals surface area contributed by atoms with Gasteiger partial charge >= 0.3 is 0 Å². The lowest BCUT2D eigenvalue weighted by Gasteiger charge is -2.07. The predicted molar refractivity (Wildman–Crippen MR) is 71.3 cm³/mol. The van der Waals surface area contributed by atoms with E-state index in [1.54, 1.807) is 24.3 Å². The normalized spacial score (nSPS) is 10.9. The highest BCUT2D eigenvalue weighted by Gasteiger charge is 2.08. The first kappa shape index (κ1) is 11.0. The van der Waals surface area contributed by atoms with Crippen LogP contribution in [-0.4, -0.2) is 19.7 Å². The summed E-state index contributed by atoms with van der Waals surface area (Å²) in [5, 5.41) is 10.8. The van der Waals surface area contributed by atoms with E-state index in [2.05, 4.69) is 15.2 Å². The van der Waals surface area contributed by atoms with Crippen LogP contribution >= 0.6 is 11.8 Å². The zero-order valence-electron chi connectivity index (χ0n) is 9.74. The molecular weight excluding hydrogens is 246 g/mol. The molecule has 0 unspecified atom stereocenters. The van der Waals surface area contributed by atoms with Crippen molar-refractivity contribution in [3.05, 3.63) is 36.9 Å². The molecule has 3 aromatic rings. The van der Waals surface area contributed by atoms with Gasteiger partial charge in [0.1, 0.15) is 6.33 Å². The summed E-state index contributed by atoms with van der Waals surface area (Å²) < 4.78 is 1.88. The van der Waals surface area contributed by atoms with Crippen LogP contribution in [0.1, 0.15) is 0 Å². The monoisotopic (exact) mass is 257 g/mol. The van der Waals surface area contributed by atoms with Crippen molar-refractivity contribution in [3.63, 3.8) is 0 Å². The Morgan fingerprint density at radius 3 is 2.89 bits per heavy atom. The Bertz CT molecular complexity index is 707. The molecule has 2 aromatic heterocycles. The molecule has 2 N–H and O–H groups in total.